The molecule has 2 fully saturated rings. The van der Waals surface area contributed by atoms with Crippen molar-refractivity contribution in [2.45, 2.75) is 12.5 Å². The Morgan fingerprint density at radius 2 is 1.85 bits per heavy atom. The number of hydrazine groups is 1. The van der Waals surface area contributed by atoms with Crippen LogP contribution in [0.2, 0.25) is 0 Å². The third kappa shape index (κ3) is 3.96. The fraction of sp³-hybridized carbons (Fsp3) is 0.381. The van der Waals surface area contributed by atoms with E-state index in [1.165, 1.54) is 17.8 Å². The van der Waals surface area contributed by atoms with Gasteiger partial charge in [0.1, 0.15) is 5.82 Å². The number of nitrogens with one attached hydrogen (secondary N) is 2. The number of benzene rings is 2. The molecular formula is C21H25FN4O. The summed E-state index contributed by atoms with van der Waals surface area (Å²) >= 11 is 0. The number of anilines is 1. The van der Waals surface area contributed by atoms with Gasteiger partial charge in [0, 0.05) is 38.4 Å². The van der Waals surface area contributed by atoms with Crippen molar-refractivity contribution in [1.29, 1.82) is 0 Å². The molecule has 1 amide bonds. The molecule has 0 saturated carbocycles. The van der Waals surface area contributed by atoms with Crippen molar-refractivity contribution in [3.8, 4) is 0 Å². The van der Waals surface area contributed by atoms with Crippen LogP contribution in [0.25, 0.3) is 0 Å². The second-order valence-electron chi connectivity index (χ2n) is 7.17. The van der Waals surface area contributed by atoms with E-state index in [0.717, 1.165) is 31.6 Å². The zero-order chi connectivity index (χ0) is 18.6. The van der Waals surface area contributed by atoms with E-state index >= 15 is 0 Å². The summed E-state index contributed by atoms with van der Waals surface area (Å²) in [6.07, 6.45) is 0.943. The van der Waals surface area contributed by atoms with Crippen molar-refractivity contribution >= 4 is 11.6 Å². The smallest absolute Gasteiger partial charge is 0.229 e. The van der Waals surface area contributed by atoms with Gasteiger partial charge in [-0.2, -0.15) is 0 Å². The molecule has 2 saturated heterocycles. The van der Waals surface area contributed by atoms with Gasteiger partial charge < -0.3 is 9.80 Å². The molecule has 27 heavy (non-hydrogen) atoms. The number of amides is 1. The first kappa shape index (κ1) is 17.9. The number of hydrogen-bond acceptors (Lipinski definition) is 4. The second-order valence-corrected chi connectivity index (χ2v) is 7.17. The standard InChI is InChI=1S/C21H25FN4O/c22-17-7-4-6-16(14-17)20-19(15-23-24-20)21(27)26-11-5-10-25(12-13-26)18-8-2-1-3-9-18/h1-4,6-9,14,19-20,23-24H,5,10-13,15H2. The topological polar surface area (TPSA) is 47.6 Å². The normalized spacial score (nSPS) is 23.3. The summed E-state index contributed by atoms with van der Waals surface area (Å²) in [5, 5.41) is 0. The van der Waals surface area contributed by atoms with Gasteiger partial charge in [0.25, 0.3) is 0 Å². The van der Waals surface area contributed by atoms with Gasteiger partial charge >= 0.3 is 0 Å². The molecule has 2 N–H and O–H groups in total. The lowest BCUT2D eigenvalue weighted by atomic mass is 9.93. The fourth-order valence-corrected chi connectivity index (χ4v) is 4.01. The molecule has 4 rings (SSSR count). The highest BCUT2D eigenvalue weighted by atomic mass is 19.1. The number of hydrogen-bond donors (Lipinski definition) is 2. The van der Waals surface area contributed by atoms with E-state index < -0.39 is 0 Å². The van der Waals surface area contributed by atoms with Gasteiger partial charge in [-0.05, 0) is 36.2 Å². The van der Waals surface area contributed by atoms with E-state index in [1.54, 1.807) is 6.07 Å². The van der Waals surface area contributed by atoms with Gasteiger partial charge in [0.15, 0.2) is 0 Å². The maximum absolute atomic E-state index is 13.6. The third-order valence-corrected chi connectivity index (χ3v) is 5.44. The first-order chi connectivity index (χ1) is 13.2. The molecule has 2 aliphatic rings. The van der Waals surface area contributed by atoms with Crippen LogP contribution in [0.3, 0.4) is 0 Å². The Morgan fingerprint density at radius 1 is 1.00 bits per heavy atom. The SMILES string of the molecule is O=C(C1CNNC1c1cccc(F)c1)N1CCCN(c2ccccc2)CC1. The molecular weight excluding hydrogens is 343 g/mol. The van der Waals surface area contributed by atoms with E-state index in [2.05, 4.69) is 27.9 Å². The fourth-order valence-electron chi connectivity index (χ4n) is 4.01. The van der Waals surface area contributed by atoms with E-state index in [1.807, 2.05) is 29.2 Å². The molecule has 2 aromatic rings. The molecule has 2 heterocycles. The largest absolute Gasteiger partial charge is 0.370 e. The van der Waals surface area contributed by atoms with Gasteiger partial charge in [-0.15, -0.1) is 0 Å². The molecule has 6 heteroatoms. The van der Waals surface area contributed by atoms with E-state index in [0.29, 0.717) is 13.1 Å². The van der Waals surface area contributed by atoms with Crippen molar-refractivity contribution in [1.82, 2.24) is 15.8 Å². The molecule has 2 atom stereocenters. The van der Waals surface area contributed by atoms with Gasteiger partial charge in [-0.3, -0.25) is 10.2 Å². The van der Waals surface area contributed by atoms with E-state index in [9.17, 15) is 9.18 Å². The predicted octanol–water partition coefficient (Wildman–Crippen LogP) is 2.33. The van der Waals surface area contributed by atoms with Crippen molar-refractivity contribution in [3.05, 3.63) is 66.0 Å². The number of para-hydroxylation sites is 1. The first-order valence-electron chi connectivity index (χ1n) is 9.55. The lowest BCUT2D eigenvalue weighted by Gasteiger charge is -2.27. The van der Waals surface area contributed by atoms with Crippen LogP contribution in [0, 0.1) is 11.7 Å². The van der Waals surface area contributed by atoms with Crippen LogP contribution in [-0.4, -0.2) is 43.5 Å². The monoisotopic (exact) mass is 368 g/mol. The summed E-state index contributed by atoms with van der Waals surface area (Å²) in [7, 11) is 0. The Morgan fingerprint density at radius 3 is 2.67 bits per heavy atom. The molecule has 5 nitrogen and oxygen atoms in total. The Balaban J connectivity index is 1.44. The Hall–Kier alpha value is -2.44. The van der Waals surface area contributed by atoms with Gasteiger partial charge in [0.05, 0.1) is 12.0 Å². The van der Waals surface area contributed by atoms with Gasteiger partial charge in [-0.25, -0.2) is 9.82 Å². The minimum Gasteiger partial charge on any atom is -0.370 e. The molecule has 0 spiro atoms. The highest BCUT2D eigenvalue weighted by Crippen LogP contribution is 2.27. The molecule has 0 aromatic heterocycles. The van der Waals surface area contributed by atoms with Crippen LogP contribution in [0.4, 0.5) is 10.1 Å². The summed E-state index contributed by atoms with van der Waals surface area (Å²) in [5.74, 6) is -0.368. The summed E-state index contributed by atoms with van der Waals surface area (Å²) in [6.45, 7) is 3.80. The number of nitrogens with zero attached hydrogens (tertiary/aromatic N) is 2. The maximum atomic E-state index is 13.6. The highest BCUT2D eigenvalue weighted by Gasteiger charge is 2.37. The van der Waals surface area contributed by atoms with Gasteiger partial charge in [-0.1, -0.05) is 30.3 Å². The summed E-state index contributed by atoms with van der Waals surface area (Å²) in [4.78, 5) is 17.5. The Bertz CT molecular complexity index is 785. The zero-order valence-corrected chi connectivity index (χ0v) is 15.3. The lowest BCUT2D eigenvalue weighted by molar-refractivity contribution is -0.135. The third-order valence-electron chi connectivity index (χ3n) is 5.44. The van der Waals surface area contributed by atoms with Crippen LogP contribution in [0.1, 0.15) is 18.0 Å². The lowest BCUT2D eigenvalue weighted by Crippen LogP contribution is -2.41. The van der Waals surface area contributed by atoms with Crippen molar-refractivity contribution in [3.63, 3.8) is 0 Å². The number of carbonyl (C=O) groups excluding carboxylic acids is 1. The minimum atomic E-state index is -0.277. The average Bonchev–Trinajstić information content (AvgIpc) is 3.06. The molecule has 2 aromatic carbocycles. The number of halogens is 1. The van der Waals surface area contributed by atoms with E-state index in [4.69, 9.17) is 0 Å². The Labute approximate surface area is 159 Å². The van der Waals surface area contributed by atoms with Crippen LogP contribution in [-0.2, 0) is 4.79 Å². The minimum absolute atomic E-state index is 0.136. The number of rotatable bonds is 3. The second kappa shape index (κ2) is 8.06. The molecule has 142 valence electrons. The quantitative estimate of drug-likeness (QED) is 0.873. The van der Waals surface area contributed by atoms with Crippen LogP contribution in [0.5, 0.6) is 0 Å². The van der Waals surface area contributed by atoms with Crippen molar-refractivity contribution < 1.29 is 9.18 Å². The molecule has 0 radical (unpaired) electrons. The van der Waals surface area contributed by atoms with Crippen LogP contribution in [0.15, 0.2) is 54.6 Å². The summed E-state index contributed by atoms with van der Waals surface area (Å²) in [5.41, 5.74) is 8.23. The van der Waals surface area contributed by atoms with Gasteiger partial charge in [0.2, 0.25) is 5.91 Å². The van der Waals surface area contributed by atoms with Crippen LogP contribution >= 0.6 is 0 Å². The molecule has 0 aliphatic carbocycles. The maximum Gasteiger partial charge on any atom is 0.229 e. The first-order valence-corrected chi connectivity index (χ1v) is 9.55. The Kier molecular flexibility index (Phi) is 5.36. The summed E-state index contributed by atoms with van der Waals surface area (Å²) < 4.78 is 13.6. The summed E-state index contributed by atoms with van der Waals surface area (Å²) in [6, 6.07) is 16.6. The van der Waals surface area contributed by atoms with Crippen molar-refractivity contribution in [2.24, 2.45) is 5.92 Å². The highest BCUT2D eigenvalue weighted by molar-refractivity contribution is 5.80. The van der Waals surface area contributed by atoms with E-state index in [-0.39, 0.29) is 23.7 Å². The zero-order valence-electron chi connectivity index (χ0n) is 15.3. The van der Waals surface area contributed by atoms with Crippen LogP contribution < -0.4 is 15.8 Å². The molecule has 2 aliphatic heterocycles. The number of carbonyl (C=O) groups is 1. The van der Waals surface area contributed by atoms with Crippen molar-refractivity contribution in [2.75, 3.05) is 37.6 Å². The average molecular weight is 368 g/mol. The molecule has 0 bridgehead atoms. The predicted molar refractivity (Wildman–Crippen MR) is 104 cm³/mol. The molecule has 2 unspecified atom stereocenters.